The van der Waals surface area contributed by atoms with Gasteiger partial charge in [-0.2, -0.15) is 5.26 Å². The van der Waals surface area contributed by atoms with Crippen LogP contribution in [0.25, 0.3) is 0 Å². The third kappa shape index (κ3) is 5.91. The number of hydrogen-bond donors (Lipinski definition) is 0. The second-order valence-corrected chi connectivity index (χ2v) is 3.85. The van der Waals surface area contributed by atoms with Crippen molar-refractivity contribution in [2.75, 3.05) is 6.61 Å². The summed E-state index contributed by atoms with van der Waals surface area (Å²) < 4.78 is 4.92. The molecule has 0 radical (unpaired) electrons. The van der Waals surface area contributed by atoms with Crippen LogP contribution in [0.4, 0.5) is 0 Å². The Morgan fingerprint density at radius 1 is 1.35 bits per heavy atom. The molecular weight excluding hydrogens is 214 g/mol. The molecule has 0 amide bonds. The Morgan fingerprint density at radius 2 is 1.88 bits per heavy atom. The molecule has 0 aliphatic heterocycles. The molecule has 0 spiro atoms. The highest BCUT2D eigenvalue weighted by Gasteiger charge is 2.28. The number of hydrogen-bond acceptors (Lipinski definition) is 3. The average molecular weight is 235 g/mol. The molecule has 0 saturated heterocycles. The standard InChI is InChI=1S/C14H21NO2/c1-4-7-9-12(10-8-5-2)13(11-15)14(16)17-6-3/h4-5,12-13H,1-2,6-10H2,3H3. The topological polar surface area (TPSA) is 50.1 Å². The van der Waals surface area contributed by atoms with Gasteiger partial charge in [0.05, 0.1) is 12.7 Å². The summed E-state index contributed by atoms with van der Waals surface area (Å²) in [6.45, 7) is 9.38. The number of carbonyl (C=O) groups excluding carboxylic acids is 1. The number of nitriles is 1. The number of allylic oxidation sites excluding steroid dienone is 2. The van der Waals surface area contributed by atoms with Crippen molar-refractivity contribution in [2.45, 2.75) is 32.6 Å². The maximum atomic E-state index is 11.6. The van der Waals surface area contributed by atoms with E-state index in [9.17, 15) is 4.79 Å². The molecule has 3 heteroatoms. The van der Waals surface area contributed by atoms with Gasteiger partial charge in [0.1, 0.15) is 5.92 Å². The second-order valence-electron chi connectivity index (χ2n) is 3.85. The van der Waals surface area contributed by atoms with Gasteiger partial charge in [-0.1, -0.05) is 12.2 Å². The minimum Gasteiger partial charge on any atom is -0.465 e. The summed E-state index contributed by atoms with van der Waals surface area (Å²) in [6, 6.07) is 2.06. The van der Waals surface area contributed by atoms with Gasteiger partial charge in [0.25, 0.3) is 0 Å². The first-order valence-electron chi connectivity index (χ1n) is 5.99. The Balaban J connectivity index is 4.58. The number of rotatable bonds is 9. The molecule has 0 rings (SSSR count). The van der Waals surface area contributed by atoms with Gasteiger partial charge in [0.15, 0.2) is 0 Å². The van der Waals surface area contributed by atoms with Gasteiger partial charge in [0, 0.05) is 0 Å². The van der Waals surface area contributed by atoms with Crippen molar-refractivity contribution in [3.05, 3.63) is 25.3 Å². The van der Waals surface area contributed by atoms with Gasteiger partial charge < -0.3 is 4.74 Å². The van der Waals surface area contributed by atoms with Crippen molar-refractivity contribution in [3.8, 4) is 6.07 Å². The number of carbonyl (C=O) groups is 1. The molecule has 1 atom stereocenters. The first-order valence-corrected chi connectivity index (χ1v) is 5.99. The molecule has 0 fully saturated rings. The lowest BCUT2D eigenvalue weighted by Gasteiger charge is -2.19. The van der Waals surface area contributed by atoms with Crippen LogP contribution in [0.2, 0.25) is 0 Å². The van der Waals surface area contributed by atoms with Gasteiger partial charge in [-0.25, -0.2) is 0 Å². The number of esters is 1. The van der Waals surface area contributed by atoms with E-state index in [0.717, 1.165) is 25.7 Å². The van der Waals surface area contributed by atoms with E-state index in [1.54, 1.807) is 19.1 Å². The summed E-state index contributed by atoms with van der Waals surface area (Å²) in [4.78, 5) is 11.6. The van der Waals surface area contributed by atoms with Crippen LogP contribution in [0, 0.1) is 23.2 Å². The molecule has 0 N–H and O–H groups in total. The molecule has 0 bridgehead atoms. The molecule has 0 aromatic rings. The molecule has 94 valence electrons. The average Bonchev–Trinajstić information content (AvgIpc) is 2.33. The molecule has 0 aromatic heterocycles. The number of ether oxygens (including phenoxy) is 1. The van der Waals surface area contributed by atoms with Crippen LogP contribution in [0.15, 0.2) is 25.3 Å². The summed E-state index contributed by atoms with van der Waals surface area (Å²) in [5.74, 6) is -1.06. The summed E-state index contributed by atoms with van der Waals surface area (Å²) in [5, 5.41) is 9.09. The Morgan fingerprint density at radius 3 is 2.24 bits per heavy atom. The maximum Gasteiger partial charge on any atom is 0.323 e. The van der Waals surface area contributed by atoms with Gasteiger partial charge in [-0.05, 0) is 38.5 Å². The van der Waals surface area contributed by atoms with Crippen molar-refractivity contribution in [2.24, 2.45) is 11.8 Å². The minimum atomic E-state index is -0.671. The predicted molar refractivity (Wildman–Crippen MR) is 68.1 cm³/mol. The molecule has 0 heterocycles. The highest BCUT2D eigenvalue weighted by atomic mass is 16.5. The molecule has 3 nitrogen and oxygen atoms in total. The monoisotopic (exact) mass is 235 g/mol. The quantitative estimate of drug-likeness (QED) is 0.455. The molecule has 0 aliphatic rings. The Kier molecular flexibility index (Phi) is 8.77. The normalized spacial score (nSPS) is 11.6. The van der Waals surface area contributed by atoms with Crippen molar-refractivity contribution in [1.29, 1.82) is 5.26 Å². The van der Waals surface area contributed by atoms with Gasteiger partial charge in [-0.15, -0.1) is 13.2 Å². The predicted octanol–water partition coefficient (Wildman–Crippen LogP) is 3.24. The summed E-state index contributed by atoms with van der Waals surface area (Å²) in [6.07, 6.45) is 6.79. The first-order chi connectivity index (χ1) is 8.21. The molecule has 0 aliphatic carbocycles. The van der Waals surface area contributed by atoms with Crippen LogP contribution in [0.1, 0.15) is 32.6 Å². The van der Waals surface area contributed by atoms with Crippen molar-refractivity contribution >= 4 is 5.97 Å². The van der Waals surface area contributed by atoms with Gasteiger partial charge in [-0.3, -0.25) is 4.79 Å². The largest absolute Gasteiger partial charge is 0.465 e. The van der Waals surface area contributed by atoms with E-state index in [2.05, 4.69) is 19.2 Å². The minimum absolute atomic E-state index is 0.0232. The summed E-state index contributed by atoms with van der Waals surface area (Å²) in [5.41, 5.74) is 0. The lowest BCUT2D eigenvalue weighted by molar-refractivity contribution is -0.147. The third-order valence-corrected chi connectivity index (χ3v) is 2.63. The fourth-order valence-electron chi connectivity index (χ4n) is 1.72. The number of nitrogens with zero attached hydrogens (tertiary/aromatic N) is 1. The van der Waals surface area contributed by atoms with Crippen LogP contribution in [0.5, 0.6) is 0 Å². The first kappa shape index (κ1) is 15.4. The molecule has 1 unspecified atom stereocenters. The van der Waals surface area contributed by atoms with E-state index < -0.39 is 11.9 Å². The van der Waals surface area contributed by atoms with Gasteiger partial charge in [0.2, 0.25) is 0 Å². The van der Waals surface area contributed by atoms with Crippen LogP contribution in [-0.4, -0.2) is 12.6 Å². The highest BCUT2D eigenvalue weighted by Crippen LogP contribution is 2.24. The fourth-order valence-corrected chi connectivity index (χ4v) is 1.72. The lowest BCUT2D eigenvalue weighted by Crippen LogP contribution is -2.24. The fraction of sp³-hybridized carbons (Fsp3) is 0.571. The second kappa shape index (κ2) is 9.65. The lowest BCUT2D eigenvalue weighted by atomic mass is 9.85. The zero-order chi connectivity index (χ0) is 13.1. The van der Waals surface area contributed by atoms with E-state index in [1.807, 2.05) is 0 Å². The zero-order valence-corrected chi connectivity index (χ0v) is 10.5. The Hall–Kier alpha value is -1.56. The SMILES string of the molecule is C=CCCC(CCC=C)C(C#N)C(=O)OCC. The van der Waals surface area contributed by atoms with E-state index in [-0.39, 0.29) is 5.92 Å². The van der Waals surface area contributed by atoms with E-state index in [1.165, 1.54) is 0 Å². The smallest absolute Gasteiger partial charge is 0.323 e. The summed E-state index contributed by atoms with van der Waals surface area (Å²) >= 11 is 0. The summed E-state index contributed by atoms with van der Waals surface area (Å²) in [7, 11) is 0. The van der Waals surface area contributed by atoms with Crippen LogP contribution in [-0.2, 0) is 9.53 Å². The highest BCUT2D eigenvalue weighted by molar-refractivity contribution is 5.75. The van der Waals surface area contributed by atoms with Crippen molar-refractivity contribution in [3.63, 3.8) is 0 Å². The Bertz CT molecular complexity index is 279. The van der Waals surface area contributed by atoms with Crippen molar-refractivity contribution < 1.29 is 9.53 Å². The van der Waals surface area contributed by atoms with Gasteiger partial charge >= 0.3 is 5.97 Å². The van der Waals surface area contributed by atoms with E-state index in [4.69, 9.17) is 10.00 Å². The zero-order valence-electron chi connectivity index (χ0n) is 10.5. The van der Waals surface area contributed by atoms with Crippen molar-refractivity contribution in [1.82, 2.24) is 0 Å². The molecular formula is C14H21NO2. The van der Waals surface area contributed by atoms with Crippen LogP contribution in [0.3, 0.4) is 0 Å². The van der Waals surface area contributed by atoms with E-state index >= 15 is 0 Å². The molecule has 0 saturated carbocycles. The van der Waals surface area contributed by atoms with E-state index in [0.29, 0.717) is 6.61 Å². The van der Waals surface area contributed by atoms with Crippen LogP contribution >= 0.6 is 0 Å². The molecule has 17 heavy (non-hydrogen) atoms. The maximum absolute atomic E-state index is 11.6. The Labute approximate surface area is 104 Å². The molecule has 0 aromatic carbocycles. The third-order valence-electron chi connectivity index (χ3n) is 2.63. The van der Waals surface area contributed by atoms with Crippen LogP contribution < -0.4 is 0 Å².